The third-order valence-corrected chi connectivity index (χ3v) is 3.54. The monoisotopic (exact) mass is 270 g/mol. The normalized spacial score (nSPS) is 11.4. The van der Waals surface area contributed by atoms with E-state index < -0.39 is 0 Å². The lowest BCUT2D eigenvalue weighted by molar-refractivity contribution is 0.387. The second-order valence-electron chi connectivity index (χ2n) is 5.07. The maximum Gasteiger partial charge on any atom is 0.240 e. The van der Waals surface area contributed by atoms with Crippen molar-refractivity contribution in [2.45, 2.75) is 19.9 Å². The number of methoxy groups -OCH3 is 2. The Hall–Kier alpha value is -2.23. The molecule has 0 N–H and O–H groups in total. The molecule has 0 spiro atoms. The minimum absolute atomic E-state index is 0.262. The highest BCUT2D eigenvalue weighted by molar-refractivity contribution is 6.10. The number of hydrogen-bond donors (Lipinski definition) is 0. The predicted octanol–water partition coefficient (Wildman–Crippen LogP) is 3.79. The van der Waals surface area contributed by atoms with Crippen LogP contribution < -0.4 is 9.47 Å². The molecular formula is C16H18N2O2. The number of fused-ring (bicyclic) bond motifs is 3. The van der Waals surface area contributed by atoms with Crippen molar-refractivity contribution in [3.8, 4) is 11.6 Å². The molecule has 20 heavy (non-hydrogen) atoms. The van der Waals surface area contributed by atoms with E-state index in [9.17, 15) is 0 Å². The number of benzene rings is 2. The minimum Gasteiger partial charge on any atom is -0.496 e. The van der Waals surface area contributed by atoms with Crippen LogP contribution in [0.15, 0.2) is 30.3 Å². The summed E-state index contributed by atoms with van der Waals surface area (Å²) in [5.41, 5.74) is 1.09. The predicted molar refractivity (Wildman–Crippen MR) is 80.7 cm³/mol. The van der Waals surface area contributed by atoms with Crippen LogP contribution >= 0.6 is 0 Å². The number of rotatable bonds is 3. The van der Waals surface area contributed by atoms with E-state index in [4.69, 9.17) is 9.47 Å². The van der Waals surface area contributed by atoms with Crippen molar-refractivity contribution < 1.29 is 9.47 Å². The van der Waals surface area contributed by atoms with Gasteiger partial charge >= 0.3 is 0 Å². The van der Waals surface area contributed by atoms with Crippen LogP contribution in [0.3, 0.4) is 0 Å². The number of nitrogens with zero attached hydrogens (tertiary/aromatic N) is 2. The fourth-order valence-electron chi connectivity index (χ4n) is 2.63. The van der Waals surface area contributed by atoms with Gasteiger partial charge in [-0.2, -0.15) is 0 Å². The molecule has 0 atom stereocenters. The van der Waals surface area contributed by atoms with Crippen molar-refractivity contribution in [1.29, 1.82) is 0 Å². The smallest absolute Gasteiger partial charge is 0.240 e. The quantitative estimate of drug-likeness (QED) is 0.726. The van der Waals surface area contributed by atoms with E-state index in [1.165, 1.54) is 0 Å². The average molecular weight is 270 g/mol. The van der Waals surface area contributed by atoms with E-state index in [1.54, 1.807) is 14.2 Å². The highest BCUT2D eigenvalue weighted by atomic mass is 16.5. The molecule has 0 bridgehead atoms. The molecule has 1 aromatic heterocycles. The highest BCUT2D eigenvalue weighted by Crippen LogP contribution is 2.38. The summed E-state index contributed by atoms with van der Waals surface area (Å²) in [7, 11) is 3.33. The van der Waals surface area contributed by atoms with Crippen molar-refractivity contribution in [3.05, 3.63) is 30.3 Å². The van der Waals surface area contributed by atoms with Gasteiger partial charge in [-0.05, 0) is 19.9 Å². The molecule has 0 unspecified atom stereocenters. The van der Waals surface area contributed by atoms with Gasteiger partial charge in [0, 0.05) is 16.8 Å². The molecule has 4 nitrogen and oxygen atoms in total. The van der Waals surface area contributed by atoms with Gasteiger partial charge in [0.25, 0.3) is 0 Å². The van der Waals surface area contributed by atoms with Crippen LogP contribution in [0.4, 0.5) is 0 Å². The Morgan fingerprint density at radius 1 is 1.00 bits per heavy atom. The van der Waals surface area contributed by atoms with Crippen LogP contribution in [-0.2, 0) is 0 Å². The first-order chi connectivity index (χ1) is 9.67. The van der Waals surface area contributed by atoms with Crippen LogP contribution in [0, 0.1) is 0 Å². The van der Waals surface area contributed by atoms with E-state index >= 15 is 0 Å². The summed E-state index contributed by atoms with van der Waals surface area (Å²) in [5, 5.41) is 7.78. The van der Waals surface area contributed by atoms with Gasteiger partial charge in [-0.25, -0.2) is 0 Å². The van der Waals surface area contributed by atoms with E-state index in [-0.39, 0.29) is 6.04 Å². The first-order valence-corrected chi connectivity index (χ1v) is 6.69. The lowest BCUT2D eigenvalue weighted by Crippen LogP contribution is -2.03. The zero-order valence-corrected chi connectivity index (χ0v) is 12.2. The van der Waals surface area contributed by atoms with E-state index in [0.717, 1.165) is 27.4 Å². The third-order valence-electron chi connectivity index (χ3n) is 3.54. The first kappa shape index (κ1) is 12.8. The van der Waals surface area contributed by atoms with Crippen molar-refractivity contribution in [2.24, 2.45) is 0 Å². The Morgan fingerprint density at radius 2 is 1.70 bits per heavy atom. The van der Waals surface area contributed by atoms with Crippen molar-refractivity contribution in [3.63, 3.8) is 0 Å². The molecule has 104 valence electrons. The Morgan fingerprint density at radius 3 is 2.30 bits per heavy atom. The van der Waals surface area contributed by atoms with E-state index in [2.05, 4.69) is 31.1 Å². The largest absolute Gasteiger partial charge is 0.496 e. The molecule has 1 heterocycles. The van der Waals surface area contributed by atoms with Gasteiger partial charge in [0.2, 0.25) is 5.88 Å². The van der Waals surface area contributed by atoms with Gasteiger partial charge in [-0.3, -0.25) is 4.68 Å². The standard InChI is InChI=1S/C16H18N2O2/c1-10(2)18-15-12-8-6-5-7-11(12)14(19-3)9-13(15)16(17-18)20-4/h5-10H,1-4H3. The summed E-state index contributed by atoms with van der Waals surface area (Å²) in [6, 6.07) is 10.5. The Labute approximate surface area is 117 Å². The Kier molecular flexibility index (Phi) is 3.01. The van der Waals surface area contributed by atoms with Gasteiger partial charge in [0.05, 0.1) is 25.1 Å². The first-order valence-electron chi connectivity index (χ1n) is 6.69. The summed E-state index contributed by atoms with van der Waals surface area (Å²) in [6.45, 7) is 4.23. The Balaban J connectivity index is 2.54. The molecule has 0 saturated carbocycles. The van der Waals surface area contributed by atoms with Gasteiger partial charge in [-0.15, -0.1) is 5.10 Å². The van der Waals surface area contributed by atoms with Crippen molar-refractivity contribution in [1.82, 2.24) is 9.78 Å². The topological polar surface area (TPSA) is 36.3 Å². The lowest BCUT2D eigenvalue weighted by atomic mass is 10.1. The van der Waals surface area contributed by atoms with Crippen molar-refractivity contribution in [2.75, 3.05) is 14.2 Å². The molecule has 2 aromatic carbocycles. The third kappa shape index (κ3) is 1.72. The van der Waals surface area contributed by atoms with E-state index in [1.807, 2.05) is 22.9 Å². The fourth-order valence-corrected chi connectivity index (χ4v) is 2.63. The summed E-state index contributed by atoms with van der Waals surface area (Å²) >= 11 is 0. The molecule has 0 aliphatic carbocycles. The molecule has 0 amide bonds. The minimum atomic E-state index is 0.262. The maximum atomic E-state index is 5.51. The van der Waals surface area contributed by atoms with Crippen LogP contribution in [0.25, 0.3) is 21.7 Å². The average Bonchev–Trinajstić information content (AvgIpc) is 2.85. The number of ether oxygens (including phenoxy) is 2. The molecular weight excluding hydrogens is 252 g/mol. The summed E-state index contributed by atoms with van der Waals surface area (Å²) in [4.78, 5) is 0. The summed E-state index contributed by atoms with van der Waals surface area (Å²) in [6.07, 6.45) is 0. The molecule has 0 saturated heterocycles. The molecule has 0 aliphatic rings. The highest BCUT2D eigenvalue weighted by Gasteiger charge is 2.18. The van der Waals surface area contributed by atoms with Crippen LogP contribution in [0.1, 0.15) is 19.9 Å². The van der Waals surface area contributed by atoms with Gasteiger partial charge in [0.1, 0.15) is 5.75 Å². The zero-order chi connectivity index (χ0) is 14.3. The maximum absolute atomic E-state index is 5.51. The fraction of sp³-hybridized carbons (Fsp3) is 0.312. The molecule has 0 aliphatic heterocycles. The number of aromatic nitrogens is 2. The van der Waals surface area contributed by atoms with Crippen molar-refractivity contribution >= 4 is 21.7 Å². The van der Waals surface area contributed by atoms with Crippen LogP contribution in [-0.4, -0.2) is 24.0 Å². The molecule has 3 aromatic rings. The molecule has 3 rings (SSSR count). The summed E-state index contributed by atoms with van der Waals surface area (Å²) < 4.78 is 12.9. The second-order valence-corrected chi connectivity index (χ2v) is 5.07. The molecule has 0 fully saturated rings. The SMILES string of the molecule is COc1cc2c(OC)nn(C(C)C)c2c2ccccc12. The summed E-state index contributed by atoms with van der Waals surface area (Å²) in [5.74, 6) is 1.48. The zero-order valence-electron chi connectivity index (χ0n) is 12.2. The van der Waals surface area contributed by atoms with Gasteiger partial charge in [0.15, 0.2) is 0 Å². The van der Waals surface area contributed by atoms with Gasteiger partial charge < -0.3 is 9.47 Å². The van der Waals surface area contributed by atoms with Gasteiger partial charge in [-0.1, -0.05) is 24.3 Å². The molecule has 0 radical (unpaired) electrons. The van der Waals surface area contributed by atoms with Crippen LogP contribution in [0.2, 0.25) is 0 Å². The van der Waals surface area contributed by atoms with Crippen LogP contribution in [0.5, 0.6) is 11.6 Å². The van der Waals surface area contributed by atoms with E-state index in [0.29, 0.717) is 5.88 Å². The second kappa shape index (κ2) is 4.71. The molecule has 4 heteroatoms. The number of hydrogen-bond acceptors (Lipinski definition) is 3. The lowest BCUT2D eigenvalue weighted by Gasteiger charge is -2.11. The Bertz CT molecular complexity index is 775.